The molecule has 1 heterocycles. The lowest BCUT2D eigenvalue weighted by Gasteiger charge is -2.40. The number of likely N-dealkylation sites (N-methyl/N-ethyl adjacent to an activating group) is 1. The van der Waals surface area contributed by atoms with Crippen molar-refractivity contribution in [1.29, 1.82) is 0 Å². The number of piperazine rings is 1. The highest BCUT2D eigenvalue weighted by atomic mass is 16.2. The first kappa shape index (κ1) is 24.9. The van der Waals surface area contributed by atoms with Crippen LogP contribution in [0, 0.1) is 5.41 Å². The molecule has 2 N–H and O–H groups in total. The van der Waals surface area contributed by atoms with Crippen LogP contribution in [0.3, 0.4) is 0 Å². The number of amides is 1. The fourth-order valence-electron chi connectivity index (χ4n) is 4.95. The number of carbonyl (C=O) groups excluding carboxylic acids is 1. The Morgan fingerprint density at radius 2 is 1.74 bits per heavy atom. The third-order valence-corrected chi connectivity index (χ3v) is 7.12. The van der Waals surface area contributed by atoms with Crippen molar-refractivity contribution in [2.24, 2.45) is 11.1 Å². The van der Waals surface area contributed by atoms with Crippen molar-refractivity contribution in [3.8, 4) is 0 Å². The van der Waals surface area contributed by atoms with E-state index in [4.69, 9.17) is 5.73 Å². The van der Waals surface area contributed by atoms with Gasteiger partial charge in [0.15, 0.2) is 0 Å². The van der Waals surface area contributed by atoms with Gasteiger partial charge in [0.05, 0.1) is 5.41 Å². The van der Waals surface area contributed by atoms with E-state index >= 15 is 0 Å². The van der Waals surface area contributed by atoms with Crippen LogP contribution in [0.2, 0.25) is 0 Å². The number of benzene rings is 2. The van der Waals surface area contributed by atoms with E-state index in [0.29, 0.717) is 19.4 Å². The molecular formula is C31H37N3O. The van der Waals surface area contributed by atoms with Crippen LogP contribution in [0.5, 0.6) is 0 Å². The monoisotopic (exact) mass is 467 g/mol. The Bertz CT molecular complexity index is 1180. The molecule has 1 aliphatic carbocycles. The van der Waals surface area contributed by atoms with Gasteiger partial charge in [-0.25, -0.2) is 0 Å². The van der Waals surface area contributed by atoms with E-state index in [-0.39, 0.29) is 5.91 Å². The van der Waals surface area contributed by atoms with Gasteiger partial charge in [-0.2, -0.15) is 0 Å². The van der Waals surface area contributed by atoms with Gasteiger partial charge in [-0.1, -0.05) is 97.1 Å². The van der Waals surface area contributed by atoms with Gasteiger partial charge in [-0.05, 0) is 48.2 Å². The molecule has 1 atom stereocenters. The molecule has 2 aliphatic rings. The average molecular weight is 468 g/mol. The second-order valence-electron chi connectivity index (χ2n) is 9.83. The van der Waals surface area contributed by atoms with E-state index in [0.717, 1.165) is 49.3 Å². The van der Waals surface area contributed by atoms with Gasteiger partial charge in [0.1, 0.15) is 0 Å². The van der Waals surface area contributed by atoms with E-state index in [9.17, 15) is 4.79 Å². The molecular weight excluding hydrogens is 430 g/mol. The zero-order valence-corrected chi connectivity index (χ0v) is 20.8. The SMILES string of the molecule is C=C1C=C/C(CC(CN)(Cc2ccc3ccccc3c2)C(=O)N2CCN(C)CC2)=C\C/C=C\C=C/1. The smallest absolute Gasteiger partial charge is 0.230 e. The third-order valence-electron chi connectivity index (χ3n) is 7.12. The maximum Gasteiger partial charge on any atom is 0.230 e. The van der Waals surface area contributed by atoms with Gasteiger partial charge in [-0.3, -0.25) is 4.79 Å². The second-order valence-corrected chi connectivity index (χ2v) is 9.83. The van der Waals surface area contributed by atoms with Crippen LogP contribution in [0.25, 0.3) is 10.8 Å². The first-order valence-corrected chi connectivity index (χ1v) is 12.5. The Morgan fingerprint density at radius 1 is 0.971 bits per heavy atom. The minimum Gasteiger partial charge on any atom is -0.340 e. The first-order chi connectivity index (χ1) is 17.0. The minimum atomic E-state index is -0.709. The fraction of sp³-hybridized carbons (Fsp3) is 0.323. The molecule has 4 nitrogen and oxygen atoms in total. The number of fused-ring (bicyclic) bond motifs is 1. The van der Waals surface area contributed by atoms with Gasteiger partial charge in [0.25, 0.3) is 0 Å². The Hall–Kier alpha value is -3.21. The summed E-state index contributed by atoms with van der Waals surface area (Å²) in [7, 11) is 2.11. The number of nitrogens with two attached hydrogens (primary N) is 1. The number of rotatable bonds is 6. The van der Waals surface area contributed by atoms with Gasteiger partial charge in [0.2, 0.25) is 5.91 Å². The standard InChI is InChI=1S/C31H37N3O/c1-25-9-5-3-4-6-10-26(14-13-25)22-31(24-32,30(35)34-19-17-33(2)18-20-34)23-27-15-16-28-11-7-8-12-29(28)21-27/h3-5,7-16,21H,1,6,17-20,22-24,32H2,2H3/b4-3-,9-5-,14-13?,26-10+. The van der Waals surface area contributed by atoms with Gasteiger partial charge in [0, 0.05) is 32.7 Å². The number of nitrogens with zero attached hydrogens (tertiary/aromatic N) is 2. The summed E-state index contributed by atoms with van der Waals surface area (Å²) in [6, 6.07) is 14.9. The topological polar surface area (TPSA) is 49.6 Å². The van der Waals surface area contributed by atoms with Crippen molar-refractivity contribution in [2.45, 2.75) is 19.3 Å². The Balaban J connectivity index is 1.69. The lowest BCUT2D eigenvalue weighted by atomic mass is 9.74. The van der Waals surface area contributed by atoms with Gasteiger partial charge < -0.3 is 15.5 Å². The molecule has 1 saturated heterocycles. The highest BCUT2D eigenvalue weighted by molar-refractivity contribution is 5.85. The quantitative estimate of drug-likeness (QED) is 0.647. The molecule has 1 unspecified atom stereocenters. The van der Waals surface area contributed by atoms with Gasteiger partial charge in [-0.15, -0.1) is 0 Å². The molecule has 35 heavy (non-hydrogen) atoms. The maximum absolute atomic E-state index is 14.2. The normalized spacial score (nSPS) is 22.3. The summed E-state index contributed by atoms with van der Waals surface area (Å²) in [4.78, 5) is 18.5. The predicted octanol–water partition coefficient (Wildman–Crippen LogP) is 5.05. The lowest BCUT2D eigenvalue weighted by Crippen LogP contribution is -2.55. The summed E-state index contributed by atoms with van der Waals surface area (Å²) >= 11 is 0. The molecule has 0 aromatic heterocycles. The number of hydrogen-bond acceptors (Lipinski definition) is 3. The van der Waals surface area contributed by atoms with Crippen LogP contribution in [-0.4, -0.2) is 55.5 Å². The van der Waals surface area contributed by atoms with Crippen molar-refractivity contribution < 1.29 is 4.79 Å². The van der Waals surface area contributed by atoms with E-state index in [1.807, 2.05) is 29.2 Å². The number of carbonyl (C=O) groups is 1. The van der Waals surface area contributed by atoms with Crippen molar-refractivity contribution in [3.05, 3.63) is 108 Å². The van der Waals surface area contributed by atoms with Crippen LogP contribution in [0.15, 0.2) is 103 Å². The van der Waals surface area contributed by atoms with Crippen LogP contribution >= 0.6 is 0 Å². The van der Waals surface area contributed by atoms with Crippen LogP contribution in [0.1, 0.15) is 18.4 Å². The van der Waals surface area contributed by atoms with Crippen LogP contribution in [0.4, 0.5) is 0 Å². The first-order valence-electron chi connectivity index (χ1n) is 12.5. The zero-order chi connectivity index (χ0) is 24.7. The fourth-order valence-corrected chi connectivity index (χ4v) is 4.95. The largest absolute Gasteiger partial charge is 0.340 e. The molecule has 1 amide bonds. The molecule has 0 saturated carbocycles. The van der Waals surface area contributed by atoms with E-state index in [1.165, 1.54) is 10.8 Å². The molecule has 0 radical (unpaired) electrons. The Kier molecular flexibility index (Phi) is 8.17. The summed E-state index contributed by atoms with van der Waals surface area (Å²) in [5, 5.41) is 2.39. The van der Waals surface area contributed by atoms with E-state index < -0.39 is 5.41 Å². The molecule has 182 valence electrons. The molecule has 4 rings (SSSR count). The highest BCUT2D eigenvalue weighted by Gasteiger charge is 2.41. The summed E-state index contributed by atoms with van der Waals surface area (Å²) in [6.45, 7) is 7.68. The minimum absolute atomic E-state index is 0.168. The van der Waals surface area contributed by atoms with E-state index in [2.05, 4.69) is 79.2 Å². The van der Waals surface area contributed by atoms with Crippen LogP contribution < -0.4 is 5.73 Å². The van der Waals surface area contributed by atoms with E-state index in [1.54, 1.807) is 0 Å². The summed E-state index contributed by atoms with van der Waals surface area (Å²) in [5.74, 6) is 0.168. The Morgan fingerprint density at radius 3 is 2.51 bits per heavy atom. The molecule has 0 spiro atoms. The lowest BCUT2D eigenvalue weighted by molar-refractivity contribution is -0.143. The number of allylic oxidation sites excluding steroid dienone is 9. The second kappa shape index (κ2) is 11.5. The van der Waals surface area contributed by atoms with Crippen LogP contribution in [-0.2, 0) is 11.2 Å². The van der Waals surface area contributed by atoms with Crippen molar-refractivity contribution in [2.75, 3.05) is 39.8 Å². The Labute approximate surface area is 209 Å². The average Bonchev–Trinajstić information content (AvgIpc) is 2.88. The number of hydrogen-bond donors (Lipinski definition) is 1. The molecule has 2 aromatic rings. The third kappa shape index (κ3) is 6.27. The molecule has 2 aromatic carbocycles. The van der Waals surface area contributed by atoms with Crippen molar-refractivity contribution in [1.82, 2.24) is 9.80 Å². The summed E-state index contributed by atoms with van der Waals surface area (Å²) in [5.41, 5.74) is 9.02. The zero-order valence-electron chi connectivity index (χ0n) is 20.8. The predicted molar refractivity (Wildman–Crippen MR) is 147 cm³/mol. The van der Waals surface area contributed by atoms with Crippen molar-refractivity contribution in [3.63, 3.8) is 0 Å². The van der Waals surface area contributed by atoms with Gasteiger partial charge >= 0.3 is 0 Å². The van der Waals surface area contributed by atoms with Crippen molar-refractivity contribution >= 4 is 16.7 Å². The summed E-state index contributed by atoms with van der Waals surface area (Å²) < 4.78 is 0. The highest BCUT2D eigenvalue weighted by Crippen LogP contribution is 2.35. The molecule has 1 fully saturated rings. The molecule has 4 heteroatoms. The maximum atomic E-state index is 14.2. The summed E-state index contributed by atoms with van der Waals surface area (Å²) in [6.07, 6.45) is 16.5. The molecule has 0 bridgehead atoms. The molecule has 1 aliphatic heterocycles.